The number of thioether (sulfide) groups is 1. The quantitative estimate of drug-likeness (QED) is 0.800. The average molecular weight is 302 g/mol. The highest BCUT2D eigenvalue weighted by Gasteiger charge is 2.23. The van der Waals surface area contributed by atoms with Crippen LogP contribution in [-0.2, 0) is 4.79 Å². The van der Waals surface area contributed by atoms with Gasteiger partial charge in [-0.15, -0.1) is 10.2 Å². The molecule has 0 aliphatic carbocycles. The Hall–Kier alpha value is -0.860. The number of aliphatic carboxylic acids is 1. The number of carboxylic acids is 1. The smallest absolute Gasteiger partial charge is 0.313 e. The first-order chi connectivity index (χ1) is 9.04. The largest absolute Gasteiger partial charge is 0.481 e. The van der Waals surface area contributed by atoms with E-state index in [4.69, 9.17) is 5.11 Å². The number of aromatic nitrogens is 2. The molecule has 1 aliphatic rings. The number of rotatable bonds is 5. The van der Waals surface area contributed by atoms with E-state index in [1.807, 2.05) is 0 Å². The molecule has 0 saturated carbocycles. The van der Waals surface area contributed by atoms with Gasteiger partial charge in [-0.25, -0.2) is 0 Å². The Morgan fingerprint density at radius 2 is 2.42 bits per heavy atom. The topological polar surface area (TPSA) is 78.3 Å². The SMILES string of the molecule is CC1CC(Nc2nnc(SCC(=O)O)s2)CCN1C. The number of hydrogen-bond donors (Lipinski definition) is 2. The fourth-order valence-electron chi connectivity index (χ4n) is 2.05. The van der Waals surface area contributed by atoms with E-state index in [1.165, 1.54) is 23.1 Å². The van der Waals surface area contributed by atoms with E-state index < -0.39 is 5.97 Å². The van der Waals surface area contributed by atoms with Crippen molar-refractivity contribution in [2.24, 2.45) is 0 Å². The maximum atomic E-state index is 10.5. The second kappa shape index (κ2) is 6.53. The van der Waals surface area contributed by atoms with Gasteiger partial charge in [-0.2, -0.15) is 0 Å². The Labute approximate surface area is 120 Å². The molecule has 0 spiro atoms. The fourth-order valence-corrected chi connectivity index (χ4v) is 3.59. The van der Waals surface area contributed by atoms with Crippen LogP contribution in [0.4, 0.5) is 5.13 Å². The number of piperidine rings is 1. The van der Waals surface area contributed by atoms with Gasteiger partial charge in [0.1, 0.15) is 0 Å². The van der Waals surface area contributed by atoms with Crippen LogP contribution in [0.25, 0.3) is 0 Å². The summed E-state index contributed by atoms with van der Waals surface area (Å²) < 4.78 is 0.700. The summed E-state index contributed by atoms with van der Waals surface area (Å²) in [5, 5.41) is 20.8. The molecule has 0 bridgehead atoms. The van der Waals surface area contributed by atoms with Crippen molar-refractivity contribution in [2.45, 2.75) is 36.2 Å². The summed E-state index contributed by atoms with van der Waals surface area (Å²) in [6, 6.07) is 0.997. The molecule has 2 heterocycles. The van der Waals surface area contributed by atoms with Gasteiger partial charge in [-0.3, -0.25) is 4.79 Å². The van der Waals surface area contributed by atoms with Gasteiger partial charge in [0.25, 0.3) is 0 Å². The van der Waals surface area contributed by atoms with Crippen LogP contribution < -0.4 is 5.32 Å². The van der Waals surface area contributed by atoms with Crippen molar-refractivity contribution in [2.75, 3.05) is 24.7 Å². The molecule has 2 atom stereocenters. The molecule has 106 valence electrons. The minimum absolute atomic E-state index is 0.0277. The molecule has 0 radical (unpaired) electrons. The Morgan fingerprint density at radius 1 is 1.63 bits per heavy atom. The van der Waals surface area contributed by atoms with Crippen LogP contribution in [0, 0.1) is 0 Å². The van der Waals surface area contributed by atoms with Crippen LogP contribution in [0.5, 0.6) is 0 Å². The lowest BCUT2D eigenvalue weighted by Crippen LogP contribution is -2.42. The van der Waals surface area contributed by atoms with Gasteiger partial charge in [-0.1, -0.05) is 23.1 Å². The Kier molecular flexibility index (Phi) is 5.00. The number of carboxylic acid groups (broad SMARTS) is 1. The minimum Gasteiger partial charge on any atom is -0.481 e. The van der Waals surface area contributed by atoms with Crippen LogP contribution in [0.2, 0.25) is 0 Å². The van der Waals surface area contributed by atoms with Gasteiger partial charge in [0, 0.05) is 18.6 Å². The predicted molar refractivity (Wildman–Crippen MR) is 77.0 cm³/mol. The molecule has 19 heavy (non-hydrogen) atoms. The molecule has 1 aromatic rings. The lowest BCUT2D eigenvalue weighted by Gasteiger charge is -2.35. The number of nitrogens with one attached hydrogen (secondary N) is 1. The summed E-state index contributed by atoms with van der Waals surface area (Å²) in [5.41, 5.74) is 0. The molecule has 0 amide bonds. The van der Waals surface area contributed by atoms with Crippen molar-refractivity contribution in [3.8, 4) is 0 Å². The second-order valence-electron chi connectivity index (χ2n) is 4.75. The van der Waals surface area contributed by atoms with Crippen molar-refractivity contribution in [1.29, 1.82) is 0 Å². The van der Waals surface area contributed by atoms with Gasteiger partial charge in [-0.05, 0) is 26.8 Å². The first-order valence-electron chi connectivity index (χ1n) is 6.19. The number of likely N-dealkylation sites (tertiary alicyclic amines) is 1. The highest BCUT2D eigenvalue weighted by molar-refractivity contribution is 8.01. The zero-order chi connectivity index (χ0) is 13.8. The molecule has 0 aromatic carbocycles. The average Bonchev–Trinajstić information content (AvgIpc) is 2.79. The third-order valence-electron chi connectivity index (χ3n) is 3.26. The molecule has 8 heteroatoms. The Balaban J connectivity index is 1.84. The monoisotopic (exact) mass is 302 g/mol. The summed E-state index contributed by atoms with van der Waals surface area (Å²) in [7, 11) is 2.15. The first kappa shape index (κ1) is 14.5. The Bertz CT molecular complexity index is 440. The molecular formula is C11H18N4O2S2. The summed E-state index contributed by atoms with van der Waals surface area (Å²) in [5.74, 6) is -0.807. The molecule has 1 aliphatic heterocycles. The number of carbonyl (C=O) groups is 1. The van der Waals surface area contributed by atoms with Crippen molar-refractivity contribution in [3.05, 3.63) is 0 Å². The zero-order valence-electron chi connectivity index (χ0n) is 11.0. The lowest BCUT2D eigenvalue weighted by molar-refractivity contribution is -0.133. The van der Waals surface area contributed by atoms with Crippen LogP contribution in [-0.4, -0.2) is 57.6 Å². The van der Waals surface area contributed by atoms with Crippen LogP contribution in [0.15, 0.2) is 4.34 Å². The second-order valence-corrected chi connectivity index (χ2v) is 6.95. The van der Waals surface area contributed by atoms with Gasteiger partial charge in [0.2, 0.25) is 5.13 Å². The summed E-state index contributed by atoms with van der Waals surface area (Å²) in [4.78, 5) is 12.8. The predicted octanol–water partition coefficient (Wildman–Crippen LogP) is 1.61. The molecule has 1 fully saturated rings. The van der Waals surface area contributed by atoms with Crippen LogP contribution in [0.1, 0.15) is 19.8 Å². The summed E-state index contributed by atoms with van der Waals surface area (Å²) in [6.45, 7) is 3.31. The van der Waals surface area contributed by atoms with Crippen molar-refractivity contribution >= 4 is 34.2 Å². The normalized spacial score (nSPS) is 24.3. The van der Waals surface area contributed by atoms with E-state index in [-0.39, 0.29) is 5.75 Å². The molecule has 2 unspecified atom stereocenters. The third kappa shape index (κ3) is 4.32. The number of hydrogen-bond acceptors (Lipinski definition) is 7. The molecular weight excluding hydrogens is 284 g/mol. The minimum atomic E-state index is -0.834. The summed E-state index contributed by atoms with van der Waals surface area (Å²) >= 11 is 2.63. The third-order valence-corrected chi connectivity index (χ3v) is 5.23. The Morgan fingerprint density at radius 3 is 3.11 bits per heavy atom. The van der Waals surface area contributed by atoms with Gasteiger partial charge < -0.3 is 15.3 Å². The fraction of sp³-hybridized carbons (Fsp3) is 0.727. The van der Waals surface area contributed by atoms with Crippen molar-refractivity contribution in [1.82, 2.24) is 15.1 Å². The van der Waals surface area contributed by atoms with Gasteiger partial charge in [0.15, 0.2) is 4.34 Å². The van der Waals surface area contributed by atoms with Crippen LogP contribution in [0.3, 0.4) is 0 Å². The highest BCUT2D eigenvalue weighted by Crippen LogP contribution is 2.27. The van der Waals surface area contributed by atoms with E-state index in [0.717, 1.165) is 24.5 Å². The molecule has 6 nitrogen and oxygen atoms in total. The standard InChI is InChI=1S/C11H18N4O2S2/c1-7-5-8(3-4-15(7)2)12-10-13-14-11(19-10)18-6-9(16)17/h7-8H,3-6H2,1-2H3,(H,12,13)(H,16,17). The molecule has 2 N–H and O–H groups in total. The lowest BCUT2D eigenvalue weighted by atomic mass is 9.99. The number of anilines is 1. The molecule has 2 rings (SSSR count). The van der Waals surface area contributed by atoms with Crippen LogP contribution >= 0.6 is 23.1 Å². The van der Waals surface area contributed by atoms with E-state index in [9.17, 15) is 4.79 Å². The zero-order valence-corrected chi connectivity index (χ0v) is 12.6. The van der Waals surface area contributed by atoms with Gasteiger partial charge >= 0.3 is 5.97 Å². The van der Waals surface area contributed by atoms with E-state index >= 15 is 0 Å². The highest BCUT2D eigenvalue weighted by atomic mass is 32.2. The first-order valence-corrected chi connectivity index (χ1v) is 7.99. The van der Waals surface area contributed by atoms with Crippen molar-refractivity contribution < 1.29 is 9.90 Å². The maximum Gasteiger partial charge on any atom is 0.313 e. The number of nitrogens with zero attached hydrogens (tertiary/aromatic N) is 3. The van der Waals surface area contributed by atoms with Gasteiger partial charge in [0.05, 0.1) is 5.75 Å². The van der Waals surface area contributed by atoms with E-state index in [2.05, 4.69) is 34.4 Å². The molecule has 1 saturated heterocycles. The van der Waals surface area contributed by atoms with Crippen molar-refractivity contribution in [3.63, 3.8) is 0 Å². The summed E-state index contributed by atoms with van der Waals surface area (Å²) in [6.07, 6.45) is 2.19. The molecule has 1 aromatic heterocycles. The van der Waals surface area contributed by atoms with E-state index in [0.29, 0.717) is 16.4 Å². The van der Waals surface area contributed by atoms with E-state index in [1.54, 1.807) is 0 Å². The maximum absolute atomic E-state index is 10.5.